The van der Waals surface area contributed by atoms with E-state index in [2.05, 4.69) is 15.2 Å². The van der Waals surface area contributed by atoms with Crippen molar-refractivity contribution in [2.75, 3.05) is 11.9 Å². The molecule has 3 aromatic rings. The van der Waals surface area contributed by atoms with Crippen molar-refractivity contribution in [3.63, 3.8) is 0 Å². The van der Waals surface area contributed by atoms with E-state index in [0.717, 1.165) is 16.9 Å². The predicted octanol–water partition coefficient (Wildman–Crippen LogP) is 2.05. The van der Waals surface area contributed by atoms with Crippen LogP contribution in [0.5, 0.6) is 0 Å². The molecule has 2 aliphatic heterocycles. The fourth-order valence-electron chi connectivity index (χ4n) is 5.14. The summed E-state index contributed by atoms with van der Waals surface area (Å²) in [5.41, 5.74) is 2.55. The van der Waals surface area contributed by atoms with Crippen molar-refractivity contribution in [2.24, 2.45) is 11.8 Å². The van der Waals surface area contributed by atoms with Crippen LogP contribution in [-0.4, -0.2) is 38.1 Å². The molecule has 7 heteroatoms. The molecule has 0 saturated carbocycles. The Hall–Kier alpha value is -3.29. The van der Waals surface area contributed by atoms with Gasteiger partial charge in [-0.3, -0.25) is 19.5 Å². The molecule has 0 radical (unpaired) electrons. The molecule has 4 atom stereocenters. The number of carbonyl (C=O) groups is 1. The maximum Gasteiger partial charge on any atom is 0.250 e. The molecule has 1 aromatic carbocycles. The Bertz CT molecular complexity index is 1130. The number of aliphatic hydroxyl groups excluding tert-OH is 1. The molecule has 0 unspecified atom stereocenters. The van der Waals surface area contributed by atoms with Gasteiger partial charge in [0.1, 0.15) is 0 Å². The molecule has 7 nitrogen and oxygen atoms in total. The second kappa shape index (κ2) is 8.09. The van der Waals surface area contributed by atoms with E-state index in [9.17, 15) is 14.7 Å². The fourth-order valence-corrected chi connectivity index (χ4v) is 5.14. The Kier molecular flexibility index (Phi) is 5.13. The van der Waals surface area contributed by atoms with Crippen molar-refractivity contribution in [3.8, 4) is 0 Å². The number of anilines is 1. The third-order valence-electron chi connectivity index (χ3n) is 6.50. The number of hydrogen-bond donors (Lipinski definition) is 2. The third-order valence-corrected chi connectivity index (χ3v) is 6.50. The zero-order valence-corrected chi connectivity index (χ0v) is 17.0. The Balaban J connectivity index is 1.57. The number of amides is 1. The van der Waals surface area contributed by atoms with Crippen molar-refractivity contribution >= 4 is 11.6 Å². The van der Waals surface area contributed by atoms with E-state index in [0.29, 0.717) is 13.1 Å². The van der Waals surface area contributed by atoms with Crippen molar-refractivity contribution in [3.05, 3.63) is 94.7 Å². The number of pyridine rings is 2. The standard InChI is InChI=1S/C24H24N4O3/c29-15-18-20-14-27-19(7-4-8-21(27)30)23(28(20)13-16-9-11-25-12-10-16)22(18)24(31)26-17-5-2-1-3-6-17/h1-12,18,20,22-23,29H,13-15H2,(H,26,31)/t18-,20-,22+,23+/m1/s1. The summed E-state index contributed by atoms with van der Waals surface area (Å²) in [4.78, 5) is 32.4. The van der Waals surface area contributed by atoms with E-state index < -0.39 is 5.92 Å². The van der Waals surface area contributed by atoms with Gasteiger partial charge in [0, 0.05) is 61.5 Å². The fraction of sp³-hybridized carbons (Fsp3) is 0.292. The minimum absolute atomic E-state index is 0.0723. The van der Waals surface area contributed by atoms with Gasteiger partial charge in [-0.2, -0.15) is 0 Å². The lowest BCUT2D eigenvalue weighted by Gasteiger charge is -2.38. The van der Waals surface area contributed by atoms with Crippen LogP contribution in [0.4, 0.5) is 5.69 Å². The summed E-state index contributed by atoms with van der Waals surface area (Å²) in [6.07, 6.45) is 3.51. The second-order valence-electron chi connectivity index (χ2n) is 8.17. The van der Waals surface area contributed by atoms with E-state index >= 15 is 0 Å². The highest BCUT2D eigenvalue weighted by molar-refractivity contribution is 5.93. The average Bonchev–Trinajstić information content (AvgIpc) is 3.00. The third kappa shape index (κ3) is 3.45. The number of rotatable bonds is 5. The molecule has 2 aromatic heterocycles. The van der Waals surface area contributed by atoms with Crippen LogP contribution < -0.4 is 10.9 Å². The van der Waals surface area contributed by atoms with Crippen LogP contribution in [0.2, 0.25) is 0 Å². The molecule has 31 heavy (non-hydrogen) atoms. The van der Waals surface area contributed by atoms with Crippen molar-refractivity contribution in [1.29, 1.82) is 0 Å². The molecule has 1 saturated heterocycles. The summed E-state index contributed by atoms with van der Waals surface area (Å²) in [5.74, 6) is -0.898. The highest BCUT2D eigenvalue weighted by Crippen LogP contribution is 2.49. The molecule has 2 N–H and O–H groups in total. The van der Waals surface area contributed by atoms with Crippen LogP contribution in [0.3, 0.4) is 0 Å². The van der Waals surface area contributed by atoms with Gasteiger partial charge in [-0.05, 0) is 35.9 Å². The summed E-state index contributed by atoms with van der Waals surface area (Å²) >= 11 is 0. The molecule has 1 fully saturated rings. The number of nitrogens with one attached hydrogen (secondary N) is 1. The number of carbonyl (C=O) groups excluding carboxylic acids is 1. The van der Waals surface area contributed by atoms with Crippen molar-refractivity contribution in [1.82, 2.24) is 14.5 Å². The molecule has 4 heterocycles. The van der Waals surface area contributed by atoms with Gasteiger partial charge in [-0.25, -0.2) is 0 Å². The zero-order chi connectivity index (χ0) is 21.4. The monoisotopic (exact) mass is 416 g/mol. The SMILES string of the molecule is O=C(Nc1ccccc1)[C@H]1[C@H](CO)[C@H]2Cn3c(cccc3=O)[C@@H]1N2Cc1ccncc1. The first kappa shape index (κ1) is 19.7. The molecule has 2 bridgehead atoms. The van der Waals surface area contributed by atoms with E-state index in [4.69, 9.17) is 0 Å². The van der Waals surface area contributed by atoms with Crippen molar-refractivity contribution in [2.45, 2.75) is 25.2 Å². The maximum absolute atomic E-state index is 13.5. The van der Waals surface area contributed by atoms with Gasteiger partial charge in [-0.1, -0.05) is 24.3 Å². The van der Waals surface area contributed by atoms with E-state index in [1.807, 2.05) is 48.5 Å². The van der Waals surface area contributed by atoms with Crippen LogP contribution in [0.1, 0.15) is 17.3 Å². The van der Waals surface area contributed by atoms with Gasteiger partial charge in [-0.15, -0.1) is 0 Å². The summed E-state index contributed by atoms with van der Waals surface area (Å²) in [6, 6.07) is 18.0. The highest BCUT2D eigenvalue weighted by atomic mass is 16.3. The number of hydrogen-bond acceptors (Lipinski definition) is 5. The van der Waals surface area contributed by atoms with E-state index in [-0.39, 0.29) is 36.1 Å². The number of benzene rings is 1. The summed E-state index contributed by atoms with van der Waals surface area (Å²) in [5, 5.41) is 13.3. The van der Waals surface area contributed by atoms with Gasteiger partial charge in [0.25, 0.3) is 5.56 Å². The molecular weight excluding hydrogens is 392 g/mol. The molecule has 2 aliphatic rings. The normalized spacial score (nSPS) is 24.5. The van der Waals surface area contributed by atoms with Gasteiger partial charge in [0.15, 0.2) is 0 Å². The van der Waals surface area contributed by atoms with Crippen LogP contribution in [0, 0.1) is 11.8 Å². The summed E-state index contributed by atoms with van der Waals surface area (Å²) in [7, 11) is 0. The maximum atomic E-state index is 13.5. The minimum Gasteiger partial charge on any atom is -0.396 e. The van der Waals surface area contributed by atoms with Crippen LogP contribution in [0.15, 0.2) is 77.9 Å². The summed E-state index contributed by atoms with van der Waals surface area (Å²) in [6.45, 7) is 0.952. The zero-order valence-electron chi connectivity index (χ0n) is 17.0. The second-order valence-corrected chi connectivity index (χ2v) is 8.17. The van der Waals surface area contributed by atoms with Gasteiger partial charge in [0.2, 0.25) is 5.91 Å². The minimum atomic E-state index is -0.479. The first-order chi connectivity index (χ1) is 15.2. The van der Waals surface area contributed by atoms with Crippen molar-refractivity contribution < 1.29 is 9.90 Å². The number of aromatic nitrogens is 2. The Labute approximate surface area is 180 Å². The first-order valence-electron chi connectivity index (χ1n) is 10.5. The Morgan fingerprint density at radius 3 is 2.58 bits per heavy atom. The lowest BCUT2D eigenvalue weighted by atomic mass is 9.86. The molecule has 0 spiro atoms. The largest absolute Gasteiger partial charge is 0.396 e. The molecule has 5 rings (SSSR count). The first-order valence-corrected chi connectivity index (χ1v) is 10.5. The number of para-hydroxylation sites is 1. The number of fused-ring (bicyclic) bond motifs is 4. The quantitative estimate of drug-likeness (QED) is 0.665. The Morgan fingerprint density at radius 1 is 1.06 bits per heavy atom. The Morgan fingerprint density at radius 2 is 1.84 bits per heavy atom. The van der Waals surface area contributed by atoms with Crippen LogP contribution in [-0.2, 0) is 17.9 Å². The van der Waals surface area contributed by atoms with Crippen LogP contribution >= 0.6 is 0 Å². The average molecular weight is 416 g/mol. The van der Waals surface area contributed by atoms with Crippen LogP contribution in [0.25, 0.3) is 0 Å². The molecule has 1 amide bonds. The molecular formula is C24H24N4O3. The predicted molar refractivity (Wildman–Crippen MR) is 116 cm³/mol. The molecule has 0 aliphatic carbocycles. The van der Waals surface area contributed by atoms with E-state index in [1.165, 1.54) is 0 Å². The van der Waals surface area contributed by atoms with Gasteiger partial charge >= 0.3 is 0 Å². The molecule has 158 valence electrons. The lowest BCUT2D eigenvalue weighted by molar-refractivity contribution is -0.122. The lowest BCUT2D eigenvalue weighted by Crippen LogP contribution is -2.45. The van der Waals surface area contributed by atoms with Gasteiger partial charge < -0.3 is 15.0 Å². The van der Waals surface area contributed by atoms with Gasteiger partial charge in [0.05, 0.1) is 12.0 Å². The van der Waals surface area contributed by atoms with E-state index in [1.54, 1.807) is 29.1 Å². The number of nitrogens with zero attached hydrogens (tertiary/aromatic N) is 3. The number of aliphatic hydroxyl groups is 1. The highest BCUT2D eigenvalue weighted by Gasteiger charge is 2.55. The topological polar surface area (TPSA) is 87.5 Å². The smallest absolute Gasteiger partial charge is 0.250 e. The summed E-state index contributed by atoms with van der Waals surface area (Å²) < 4.78 is 1.76.